The average Bonchev–Trinajstić information content (AvgIpc) is 3.56. The first kappa shape index (κ1) is 21.2. The molecule has 2 aromatic heterocycles. The number of amides is 2. The minimum atomic E-state index is -0.0449. The van der Waals surface area contributed by atoms with E-state index in [2.05, 4.69) is 5.32 Å². The van der Waals surface area contributed by atoms with Gasteiger partial charge in [0.05, 0.1) is 11.3 Å². The summed E-state index contributed by atoms with van der Waals surface area (Å²) in [6, 6.07) is 21.5. The molecule has 7 heteroatoms. The summed E-state index contributed by atoms with van der Waals surface area (Å²) in [6.07, 6.45) is 3.29. The molecule has 1 aliphatic heterocycles. The first-order valence-corrected chi connectivity index (χ1v) is 12.0. The molecule has 5 rings (SSSR count). The number of rotatable bonds is 5. The van der Waals surface area contributed by atoms with E-state index in [-0.39, 0.29) is 17.9 Å². The number of piperidine rings is 1. The lowest BCUT2D eigenvalue weighted by Gasteiger charge is -2.32. The highest BCUT2D eigenvalue weighted by Gasteiger charge is 2.28. The molecule has 1 fully saturated rings. The molecule has 4 aromatic rings. The van der Waals surface area contributed by atoms with Crippen molar-refractivity contribution in [2.45, 2.75) is 18.9 Å². The Hall–Kier alpha value is -3.71. The smallest absolute Gasteiger partial charge is 0.257 e. The fourth-order valence-electron chi connectivity index (χ4n) is 4.11. The maximum absolute atomic E-state index is 13.5. The van der Waals surface area contributed by atoms with Crippen LogP contribution in [0, 0.1) is 0 Å². The summed E-state index contributed by atoms with van der Waals surface area (Å²) < 4.78 is 1.77. The maximum Gasteiger partial charge on any atom is 0.257 e. The van der Waals surface area contributed by atoms with Crippen LogP contribution in [-0.4, -0.2) is 45.6 Å². The van der Waals surface area contributed by atoms with Crippen molar-refractivity contribution in [3.8, 4) is 16.9 Å². The number of nitrogens with one attached hydrogen (secondary N) is 1. The zero-order valence-electron chi connectivity index (χ0n) is 18.1. The number of thiophene rings is 1. The van der Waals surface area contributed by atoms with Gasteiger partial charge in [0.2, 0.25) is 0 Å². The molecular weight excluding hydrogens is 432 g/mol. The molecule has 0 saturated carbocycles. The average molecular weight is 457 g/mol. The lowest BCUT2D eigenvalue weighted by atomic mass is 10.0. The predicted molar refractivity (Wildman–Crippen MR) is 130 cm³/mol. The third-order valence-electron chi connectivity index (χ3n) is 5.91. The SMILES string of the molecule is O=C(NC1CCN(C(=O)c2cn(-c3ccccc3)nc2-c2ccccc2)CC1)c1ccsc1. The lowest BCUT2D eigenvalue weighted by Crippen LogP contribution is -2.46. The summed E-state index contributed by atoms with van der Waals surface area (Å²) in [5.41, 5.74) is 3.78. The van der Waals surface area contributed by atoms with Crippen LogP contribution >= 0.6 is 11.3 Å². The van der Waals surface area contributed by atoms with E-state index >= 15 is 0 Å². The molecule has 0 unspecified atom stereocenters. The first-order chi connectivity index (χ1) is 16.2. The first-order valence-electron chi connectivity index (χ1n) is 11.0. The number of carbonyl (C=O) groups excluding carboxylic acids is 2. The highest BCUT2D eigenvalue weighted by Crippen LogP contribution is 2.26. The number of nitrogens with zero attached hydrogens (tertiary/aromatic N) is 3. The van der Waals surface area contributed by atoms with Gasteiger partial charge in [-0.15, -0.1) is 0 Å². The van der Waals surface area contributed by atoms with Crippen LogP contribution in [-0.2, 0) is 0 Å². The summed E-state index contributed by atoms with van der Waals surface area (Å²) >= 11 is 1.51. The largest absolute Gasteiger partial charge is 0.349 e. The zero-order valence-corrected chi connectivity index (χ0v) is 18.9. The van der Waals surface area contributed by atoms with E-state index in [1.165, 1.54) is 11.3 Å². The van der Waals surface area contributed by atoms with E-state index in [4.69, 9.17) is 5.10 Å². The molecule has 166 valence electrons. The van der Waals surface area contributed by atoms with Gasteiger partial charge in [-0.2, -0.15) is 16.4 Å². The quantitative estimate of drug-likeness (QED) is 0.476. The number of carbonyl (C=O) groups is 2. The van der Waals surface area contributed by atoms with Crippen molar-refractivity contribution in [3.63, 3.8) is 0 Å². The summed E-state index contributed by atoms with van der Waals surface area (Å²) in [4.78, 5) is 27.8. The Labute approximate surface area is 196 Å². The molecule has 0 atom stereocenters. The molecule has 33 heavy (non-hydrogen) atoms. The highest BCUT2D eigenvalue weighted by molar-refractivity contribution is 7.08. The molecule has 3 heterocycles. The van der Waals surface area contributed by atoms with Gasteiger partial charge in [-0.1, -0.05) is 48.5 Å². The Kier molecular flexibility index (Phi) is 6.04. The van der Waals surface area contributed by atoms with Gasteiger partial charge in [0.25, 0.3) is 11.8 Å². The summed E-state index contributed by atoms with van der Waals surface area (Å²) in [5.74, 6) is -0.0739. The number of aromatic nitrogens is 2. The topological polar surface area (TPSA) is 67.2 Å². The van der Waals surface area contributed by atoms with Gasteiger partial charge in [-0.05, 0) is 36.4 Å². The van der Waals surface area contributed by atoms with Gasteiger partial charge in [0.1, 0.15) is 5.69 Å². The number of hydrogen-bond acceptors (Lipinski definition) is 4. The van der Waals surface area contributed by atoms with Crippen molar-refractivity contribution in [3.05, 3.63) is 94.8 Å². The molecule has 6 nitrogen and oxygen atoms in total. The Bertz CT molecular complexity index is 1230. The molecule has 0 spiro atoms. The molecule has 2 amide bonds. The molecular formula is C26H24N4O2S. The van der Waals surface area contributed by atoms with Crippen LogP contribution in [0.2, 0.25) is 0 Å². The van der Waals surface area contributed by atoms with Gasteiger partial charge >= 0.3 is 0 Å². The number of likely N-dealkylation sites (tertiary alicyclic amines) is 1. The minimum absolute atomic E-state index is 0.0290. The Morgan fingerprint density at radius 1 is 0.939 bits per heavy atom. The number of benzene rings is 2. The van der Waals surface area contributed by atoms with E-state index in [9.17, 15) is 9.59 Å². The molecule has 1 N–H and O–H groups in total. The van der Waals surface area contributed by atoms with Crippen LogP contribution in [0.25, 0.3) is 16.9 Å². The van der Waals surface area contributed by atoms with Gasteiger partial charge in [-0.3, -0.25) is 9.59 Å². The Balaban J connectivity index is 1.34. The van der Waals surface area contributed by atoms with Crippen LogP contribution in [0.3, 0.4) is 0 Å². The monoisotopic (exact) mass is 456 g/mol. The van der Waals surface area contributed by atoms with Gasteiger partial charge in [0.15, 0.2) is 0 Å². The lowest BCUT2D eigenvalue weighted by molar-refractivity contribution is 0.0699. The summed E-state index contributed by atoms with van der Waals surface area (Å²) in [6.45, 7) is 1.19. The van der Waals surface area contributed by atoms with Crippen LogP contribution < -0.4 is 5.32 Å². The number of para-hydroxylation sites is 1. The van der Waals surface area contributed by atoms with Gasteiger partial charge in [-0.25, -0.2) is 4.68 Å². The third kappa shape index (κ3) is 4.59. The van der Waals surface area contributed by atoms with Gasteiger partial charge < -0.3 is 10.2 Å². The van der Waals surface area contributed by atoms with E-state index in [0.717, 1.165) is 24.1 Å². The molecule has 2 aromatic carbocycles. The van der Waals surface area contributed by atoms with Crippen LogP contribution in [0.5, 0.6) is 0 Å². The van der Waals surface area contributed by atoms with E-state index in [0.29, 0.717) is 29.9 Å². The maximum atomic E-state index is 13.5. The van der Waals surface area contributed by atoms with E-state index in [1.807, 2.05) is 88.6 Å². The second kappa shape index (κ2) is 9.42. The normalized spacial score (nSPS) is 14.2. The zero-order chi connectivity index (χ0) is 22.6. The molecule has 0 bridgehead atoms. The molecule has 1 saturated heterocycles. The van der Waals surface area contributed by atoms with Crippen molar-refractivity contribution in [1.29, 1.82) is 0 Å². The van der Waals surface area contributed by atoms with Crippen molar-refractivity contribution >= 4 is 23.2 Å². The van der Waals surface area contributed by atoms with Crippen molar-refractivity contribution in [1.82, 2.24) is 20.0 Å². The predicted octanol–water partition coefficient (Wildman–Crippen LogP) is 4.64. The van der Waals surface area contributed by atoms with Crippen LogP contribution in [0.15, 0.2) is 83.7 Å². The highest BCUT2D eigenvalue weighted by atomic mass is 32.1. The fourth-order valence-corrected chi connectivity index (χ4v) is 4.75. The number of hydrogen-bond donors (Lipinski definition) is 1. The molecule has 1 aliphatic rings. The van der Waals surface area contributed by atoms with Crippen molar-refractivity contribution < 1.29 is 9.59 Å². The van der Waals surface area contributed by atoms with Crippen molar-refractivity contribution in [2.75, 3.05) is 13.1 Å². The van der Waals surface area contributed by atoms with E-state index < -0.39 is 0 Å². The molecule has 0 aliphatic carbocycles. The minimum Gasteiger partial charge on any atom is -0.349 e. The summed E-state index contributed by atoms with van der Waals surface area (Å²) in [5, 5.41) is 11.6. The van der Waals surface area contributed by atoms with Crippen molar-refractivity contribution in [2.24, 2.45) is 0 Å². The summed E-state index contributed by atoms with van der Waals surface area (Å²) in [7, 11) is 0. The Morgan fingerprint density at radius 2 is 1.64 bits per heavy atom. The van der Waals surface area contributed by atoms with E-state index in [1.54, 1.807) is 4.68 Å². The van der Waals surface area contributed by atoms with Crippen LogP contribution in [0.1, 0.15) is 33.6 Å². The second-order valence-corrected chi connectivity index (χ2v) is 8.87. The van der Waals surface area contributed by atoms with Crippen LogP contribution in [0.4, 0.5) is 0 Å². The molecule has 0 radical (unpaired) electrons. The van der Waals surface area contributed by atoms with Gasteiger partial charge in [0, 0.05) is 41.8 Å². The second-order valence-electron chi connectivity index (χ2n) is 8.09. The fraction of sp³-hybridized carbons (Fsp3) is 0.192. The Morgan fingerprint density at radius 3 is 2.30 bits per heavy atom. The standard InChI is InChI=1S/C26H24N4O2S/c31-25(20-13-16-33-18-20)27-21-11-14-29(15-12-21)26(32)23-17-30(22-9-5-2-6-10-22)28-24(23)19-7-3-1-4-8-19/h1-10,13,16-18,21H,11-12,14-15H2,(H,27,31). The third-order valence-corrected chi connectivity index (χ3v) is 6.60.